The Morgan fingerprint density at radius 3 is 2.25 bits per heavy atom. The van der Waals surface area contributed by atoms with Crippen LogP contribution in [0.4, 0.5) is 4.39 Å². The van der Waals surface area contributed by atoms with Gasteiger partial charge in [-0.2, -0.15) is 4.31 Å². The molecule has 152 valence electrons. The van der Waals surface area contributed by atoms with Crippen LogP contribution in [0.25, 0.3) is 6.08 Å². The molecule has 0 bridgehead atoms. The highest BCUT2D eigenvalue weighted by Crippen LogP contribution is 2.23. The van der Waals surface area contributed by atoms with Crippen molar-refractivity contribution in [3.63, 3.8) is 0 Å². The predicted molar refractivity (Wildman–Crippen MR) is 111 cm³/mol. The molecule has 0 aromatic heterocycles. The third-order valence-electron chi connectivity index (χ3n) is 4.25. The van der Waals surface area contributed by atoms with Gasteiger partial charge in [-0.25, -0.2) is 12.8 Å². The molecule has 0 spiro atoms. The quantitative estimate of drug-likeness (QED) is 0.639. The molecule has 0 aliphatic heterocycles. The highest BCUT2D eigenvalue weighted by molar-refractivity contribution is 7.89. The first-order valence-electron chi connectivity index (χ1n) is 9.04. The minimum atomic E-state index is -3.83. The lowest BCUT2D eigenvalue weighted by Crippen LogP contribution is -2.43. The molecule has 0 fully saturated rings. The van der Waals surface area contributed by atoms with Crippen LogP contribution in [0.3, 0.4) is 0 Å². The molecule has 0 saturated carbocycles. The zero-order valence-corrected chi connectivity index (χ0v) is 17.5. The summed E-state index contributed by atoms with van der Waals surface area (Å²) in [6.45, 7) is 3.75. The average Bonchev–Trinajstić information content (AvgIpc) is 2.65. The Kier molecular flexibility index (Phi) is 8.19. The second kappa shape index (κ2) is 10.2. The Labute approximate surface area is 171 Å². The lowest BCUT2D eigenvalue weighted by molar-refractivity contribution is 0.175. The molecule has 1 unspecified atom stereocenters. The van der Waals surface area contributed by atoms with Crippen LogP contribution in [0.5, 0.6) is 0 Å². The molecular formula is C21H25ClFNO3S. The van der Waals surface area contributed by atoms with Crippen LogP contribution in [0.15, 0.2) is 59.5 Å². The molecule has 28 heavy (non-hydrogen) atoms. The molecule has 7 heteroatoms. The lowest BCUT2D eigenvalue weighted by Gasteiger charge is -2.30. The fourth-order valence-electron chi connectivity index (χ4n) is 2.88. The van der Waals surface area contributed by atoms with Gasteiger partial charge in [0.1, 0.15) is 5.82 Å². The molecule has 0 saturated heterocycles. The normalized spacial score (nSPS) is 13.5. The van der Waals surface area contributed by atoms with E-state index in [1.54, 1.807) is 24.3 Å². The van der Waals surface area contributed by atoms with Crippen LogP contribution in [0.2, 0.25) is 5.02 Å². The highest BCUT2D eigenvalue weighted by atomic mass is 35.5. The number of rotatable bonds is 9. The summed E-state index contributed by atoms with van der Waals surface area (Å²) in [5, 5.41) is 10.3. The average molecular weight is 426 g/mol. The van der Waals surface area contributed by atoms with E-state index < -0.39 is 16.1 Å². The second-order valence-corrected chi connectivity index (χ2v) is 9.28. The zero-order chi connectivity index (χ0) is 20.7. The Morgan fingerprint density at radius 2 is 1.71 bits per heavy atom. The van der Waals surface area contributed by atoms with E-state index in [-0.39, 0.29) is 29.8 Å². The SMILES string of the molecule is CC(C)CC(CO)N(CC=Cc1ccc(F)cc1)S(=O)(=O)c1ccc(Cl)cc1. The Hall–Kier alpha value is -1.73. The molecule has 0 radical (unpaired) electrons. The van der Waals surface area contributed by atoms with E-state index in [2.05, 4.69) is 0 Å². The van der Waals surface area contributed by atoms with Gasteiger partial charge in [0.25, 0.3) is 0 Å². The summed E-state index contributed by atoms with van der Waals surface area (Å²) in [6, 6.07) is 11.3. The van der Waals surface area contributed by atoms with Gasteiger partial charge in [0.2, 0.25) is 10.0 Å². The molecule has 2 rings (SSSR count). The summed E-state index contributed by atoms with van der Waals surface area (Å²) >= 11 is 5.88. The molecule has 1 atom stereocenters. The number of hydrogen-bond acceptors (Lipinski definition) is 3. The number of aliphatic hydroxyl groups excluding tert-OH is 1. The maximum absolute atomic E-state index is 13.2. The second-order valence-electron chi connectivity index (χ2n) is 6.95. The van der Waals surface area contributed by atoms with Crippen molar-refractivity contribution in [2.45, 2.75) is 31.2 Å². The van der Waals surface area contributed by atoms with Crippen LogP contribution in [0, 0.1) is 11.7 Å². The monoisotopic (exact) mass is 425 g/mol. The van der Waals surface area contributed by atoms with Gasteiger partial charge in [-0.05, 0) is 54.3 Å². The predicted octanol–water partition coefficient (Wildman–Crippen LogP) is 4.59. The van der Waals surface area contributed by atoms with Gasteiger partial charge in [0.15, 0.2) is 0 Å². The van der Waals surface area contributed by atoms with Crippen LogP contribution >= 0.6 is 11.6 Å². The number of sulfonamides is 1. The van der Waals surface area contributed by atoms with Crippen molar-refractivity contribution in [1.82, 2.24) is 4.31 Å². The van der Waals surface area contributed by atoms with Crippen LogP contribution in [-0.4, -0.2) is 37.0 Å². The van der Waals surface area contributed by atoms with E-state index >= 15 is 0 Å². The van der Waals surface area contributed by atoms with Gasteiger partial charge < -0.3 is 5.11 Å². The molecule has 0 aliphatic carbocycles. The van der Waals surface area contributed by atoms with E-state index in [4.69, 9.17) is 11.6 Å². The Balaban J connectivity index is 2.32. The van der Waals surface area contributed by atoms with Gasteiger partial charge in [-0.3, -0.25) is 0 Å². The number of halogens is 2. The largest absolute Gasteiger partial charge is 0.395 e. The van der Waals surface area contributed by atoms with Crippen molar-refractivity contribution in [1.29, 1.82) is 0 Å². The summed E-state index contributed by atoms with van der Waals surface area (Å²) in [4.78, 5) is 0.120. The van der Waals surface area contributed by atoms with E-state index in [9.17, 15) is 17.9 Å². The number of nitrogens with zero attached hydrogens (tertiary/aromatic N) is 1. The van der Waals surface area contributed by atoms with Gasteiger partial charge in [0, 0.05) is 17.6 Å². The van der Waals surface area contributed by atoms with Crippen molar-refractivity contribution in [3.05, 3.63) is 71.0 Å². The van der Waals surface area contributed by atoms with Crippen LogP contribution in [0.1, 0.15) is 25.8 Å². The summed E-state index contributed by atoms with van der Waals surface area (Å²) in [7, 11) is -3.83. The molecule has 0 amide bonds. The minimum Gasteiger partial charge on any atom is -0.395 e. The molecule has 0 aliphatic rings. The van der Waals surface area contributed by atoms with E-state index in [1.807, 2.05) is 13.8 Å². The highest BCUT2D eigenvalue weighted by Gasteiger charge is 2.30. The maximum atomic E-state index is 13.2. The fourth-order valence-corrected chi connectivity index (χ4v) is 4.58. The van der Waals surface area contributed by atoms with E-state index in [0.29, 0.717) is 11.4 Å². The maximum Gasteiger partial charge on any atom is 0.243 e. The zero-order valence-electron chi connectivity index (χ0n) is 15.9. The molecule has 1 N–H and O–H groups in total. The third kappa shape index (κ3) is 6.14. The summed E-state index contributed by atoms with van der Waals surface area (Å²) in [5.74, 6) is -0.123. The number of aliphatic hydroxyl groups is 1. The van der Waals surface area contributed by atoms with Crippen molar-refractivity contribution in [2.24, 2.45) is 5.92 Å². The van der Waals surface area contributed by atoms with E-state index in [1.165, 1.54) is 40.7 Å². The Morgan fingerprint density at radius 1 is 1.11 bits per heavy atom. The lowest BCUT2D eigenvalue weighted by atomic mass is 10.0. The standard InChI is InChI=1S/C21H25ClFNO3S/c1-16(2)14-20(15-25)24(13-3-4-17-5-9-19(23)10-6-17)28(26,27)21-11-7-18(22)8-12-21/h3-12,16,20,25H,13-15H2,1-2H3. The van der Waals surface area contributed by atoms with Crippen molar-refractivity contribution in [3.8, 4) is 0 Å². The summed E-state index contributed by atoms with van der Waals surface area (Å²) < 4.78 is 40.7. The van der Waals surface area contributed by atoms with Crippen molar-refractivity contribution >= 4 is 27.7 Å². The van der Waals surface area contributed by atoms with Gasteiger partial charge in [0.05, 0.1) is 11.5 Å². The Bertz CT molecular complexity index is 881. The number of hydrogen-bond donors (Lipinski definition) is 1. The minimum absolute atomic E-state index is 0.0836. The van der Waals surface area contributed by atoms with Gasteiger partial charge in [-0.1, -0.05) is 49.7 Å². The first kappa shape index (κ1) is 22.6. The van der Waals surface area contributed by atoms with Crippen molar-refractivity contribution < 1.29 is 17.9 Å². The molecule has 2 aromatic carbocycles. The summed E-state index contributed by atoms with van der Waals surface area (Å²) in [6.07, 6.45) is 3.95. The fraction of sp³-hybridized carbons (Fsp3) is 0.333. The first-order chi connectivity index (χ1) is 13.2. The van der Waals surface area contributed by atoms with Crippen LogP contribution < -0.4 is 0 Å². The van der Waals surface area contributed by atoms with Gasteiger partial charge in [-0.15, -0.1) is 0 Å². The number of benzene rings is 2. The molecule has 2 aromatic rings. The topological polar surface area (TPSA) is 57.6 Å². The first-order valence-corrected chi connectivity index (χ1v) is 10.9. The van der Waals surface area contributed by atoms with Crippen LogP contribution in [-0.2, 0) is 10.0 Å². The smallest absolute Gasteiger partial charge is 0.243 e. The van der Waals surface area contributed by atoms with E-state index in [0.717, 1.165) is 5.56 Å². The summed E-state index contributed by atoms with van der Waals surface area (Å²) in [5.41, 5.74) is 0.759. The molecule has 0 heterocycles. The molecular weight excluding hydrogens is 401 g/mol. The molecule has 4 nitrogen and oxygen atoms in total. The van der Waals surface area contributed by atoms with Gasteiger partial charge >= 0.3 is 0 Å². The third-order valence-corrected chi connectivity index (χ3v) is 6.43. The van der Waals surface area contributed by atoms with Crippen molar-refractivity contribution in [2.75, 3.05) is 13.2 Å².